The summed E-state index contributed by atoms with van der Waals surface area (Å²) < 4.78 is 331. The van der Waals surface area contributed by atoms with E-state index in [0.717, 1.165) is 80.4 Å². The summed E-state index contributed by atoms with van der Waals surface area (Å²) >= 11 is 1.62. The lowest BCUT2D eigenvalue weighted by molar-refractivity contribution is 0.477. The number of fused-ring (bicyclic) bond motifs is 18. The van der Waals surface area contributed by atoms with Crippen molar-refractivity contribution in [2.45, 2.75) is 12.4 Å². The molecule has 2 unspecified atom stereocenters. The summed E-state index contributed by atoms with van der Waals surface area (Å²) in [5, 5.41) is -1.92. The second-order valence-corrected chi connectivity index (χ2v) is 27.4. The van der Waals surface area contributed by atoms with Gasteiger partial charge < -0.3 is 32.6 Å². The summed E-state index contributed by atoms with van der Waals surface area (Å²) in [6.45, 7) is 0. The van der Waals surface area contributed by atoms with Crippen LogP contribution >= 0.6 is 11.3 Å². The van der Waals surface area contributed by atoms with Crippen molar-refractivity contribution in [3.8, 4) is 11.5 Å². The number of rotatable bonds is 7. The molecule has 22 aromatic rings. The Morgan fingerprint density at radius 2 is 0.940 bits per heavy atom. The second kappa shape index (κ2) is 26.6. The van der Waals surface area contributed by atoms with Gasteiger partial charge in [0.15, 0.2) is 44.1 Å². The Bertz CT molecular complexity index is 10700. The van der Waals surface area contributed by atoms with Crippen molar-refractivity contribution in [3.05, 3.63) is 413 Å². The normalized spacial score (nSPS) is 18.6. The van der Waals surface area contributed by atoms with Crippen LogP contribution in [0.4, 0.5) is 45.5 Å². The highest BCUT2D eigenvalue weighted by Crippen LogP contribution is 2.52. The number of aromatic nitrogens is 4. The zero-order valence-electron chi connectivity index (χ0n) is 95.8. The Labute approximate surface area is 714 Å². The Balaban J connectivity index is 0.000000130. The first kappa shape index (κ1) is 39.6. The van der Waals surface area contributed by atoms with E-state index in [9.17, 15) is 35.6 Å². The molecule has 1 aliphatic carbocycles. The molecule has 0 N–H and O–H groups in total. The van der Waals surface area contributed by atoms with Crippen LogP contribution < -0.4 is 52.0 Å². The molecule has 0 saturated carbocycles. The molecule has 0 spiro atoms. The average molecular weight is 1550 g/mol. The molecule has 24 rings (SSSR count). The van der Waals surface area contributed by atoms with E-state index >= 15 is 0 Å². The zero-order valence-corrected chi connectivity index (χ0v) is 59.6. The maximum Gasteiger partial charge on any atom is 0.200 e. The summed E-state index contributed by atoms with van der Waals surface area (Å²) in [7, 11) is 0. The molecular formula is C101H61N7O7S. The molecule has 9 heterocycles. The Morgan fingerprint density at radius 3 is 1.67 bits per heavy atom. The lowest BCUT2D eigenvalue weighted by Crippen LogP contribution is -2.29. The quantitative estimate of drug-likeness (QED) is 0.111. The van der Waals surface area contributed by atoms with Gasteiger partial charge in [0.25, 0.3) is 0 Å². The third-order valence-electron chi connectivity index (χ3n) is 20.2. The van der Waals surface area contributed by atoms with E-state index < -0.39 is 356 Å². The maximum atomic E-state index is 14.6. The number of anilines is 8. The molecule has 0 saturated heterocycles. The number of benzene rings is 14. The number of ether oxygens (including phenoxy) is 1. The van der Waals surface area contributed by atoms with Crippen LogP contribution in [0.15, 0.2) is 380 Å². The standard InChI is InChI=1S/C37H19N3O3S.C32H22N2O2.C32H20N2O2/c41-35-23-16-29-31(43-30-12-6-5-11-26(30)39(29)20-8-2-1-3-9-20)17-28(23)40-27-15-14-22-21-10-4-7-13-32(21)44-37(22)33(27)36(42)25-19-38-18-24(35)34(25)40;35-31-24-14-7-8-17-28(24)34-29-20-23(18-19-25(29)32(36)27-16-9-15-26(31)30(27)34)33(21-10-3-1-4-11-21)22-12-5-2-6-13-22;35-31-24-14-7-8-17-28(24)34-29-19-18-23(20-27(29)32(36)26-16-9-15-25(31)30(26)34)33(21-10-3-1-4-11-21)22-12-5-2-6-13-22/h1-19H;1-12,14-20,22H,13H2;1-20H/i;1D,2D,3D,4D,5D,6D,7D,8D,9D,10D,13D,14D,15D,16D,17D,18D,19D,20D;1D,2D,3D,4D,5D,6D,7D,8D,9D,10D,11D,12D,14D,15D,16D,17D,18D,19D,20D. The van der Waals surface area contributed by atoms with Crippen LogP contribution in [0.5, 0.6) is 11.5 Å². The number of allylic oxidation sites excluding steroid dienone is 2. The number of pyridine rings is 7. The van der Waals surface area contributed by atoms with Crippen LogP contribution in [0, 0.1) is 0 Å². The van der Waals surface area contributed by atoms with Crippen LogP contribution in [0.2, 0.25) is 0 Å². The molecule has 8 aromatic heterocycles. The highest BCUT2D eigenvalue weighted by molar-refractivity contribution is 7.26. The predicted molar refractivity (Wildman–Crippen MR) is 476 cm³/mol. The molecule has 0 radical (unpaired) electrons. The molecule has 1 aliphatic heterocycles. The predicted octanol–water partition coefficient (Wildman–Crippen LogP) is 22.5. The van der Waals surface area contributed by atoms with E-state index in [1.165, 1.54) is 0 Å². The van der Waals surface area contributed by atoms with Gasteiger partial charge >= 0.3 is 0 Å². The monoisotopic (exact) mass is 1550 g/mol. The van der Waals surface area contributed by atoms with Gasteiger partial charge in [0, 0.05) is 123 Å². The highest BCUT2D eigenvalue weighted by atomic mass is 32.1. The molecule has 2 atom stereocenters. The zero-order chi connectivity index (χ0) is 110. The molecule has 0 amide bonds. The van der Waals surface area contributed by atoms with Gasteiger partial charge in [-0.3, -0.25) is 33.8 Å². The average Bonchev–Trinajstić information content (AvgIpc) is 1.05. The minimum atomic E-state index is -1.80. The number of para-hydroxylation sites is 10. The molecule has 14 aromatic carbocycles. The van der Waals surface area contributed by atoms with E-state index in [4.69, 9.17) is 48.6 Å². The summed E-state index contributed by atoms with van der Waals surface area (Å²) in [6, 6.07) is 3.00. The lowest BCUT2D eigenvalue weighted by atomic mass is 10.0. The second-order valence-electron chi connectivity index (χ2n) is 26.4. The van der Waals surface area contributed by atoms with Gasteiger partial charge in [-0.25, -0.2) is 0 Å². The van der Waals surface area contributed by atoms with Crippen LogP contribution in [-0.4, -0.2) is 24.2 Å². The van der Waals surface area contributed by atoms with Crippen molar-refractivity contribution in [2.75, 3.05) is 14.7 Å². The smallest absolute Gasteiger partial charge is 0.200 e. The molecule has 2 aliphatic rings. The maximum absolute atomic E-state index is 14.6. The van der Waals surface area contributed by atoms with Crippen molar-refractivity contribution in [2.24, 2.45) is 0 Å². The minimum Gasteiger partial charge on any atom is -0.453 e. The van der Waals surface area contributed by atoms with Gasteiger partial charge in [-0.1, -0.05) is 169 Å². The Morgan fingerprint density at radius 1 is 0.379 bits per heavy atom. The van der Waals surface area contributed by atoms with Gasteiger partial charge in [0.2, 0.25) is 0 Å². The molecule has 15 heteroatoms. The molecule has 548 valence electrons. The number of hydrogen-bond acceptors (Lipinski definition) is 12. The van der Waals surface area contributed by atoms with Gasteiger partial charge in [0.1, 0.15) is 0 Å². The Kier molecular flexibility index (Phi) is 9.10. The molecular weight excluding hydrogens is 1460 g/mol. The van der Waals surface area contributed by atoms with Crippen LogP contribution in [-0.2, 0) is 0 Å². The summed E-state index contributed by atoms with van der Waals surface area (Å²) in [5.74, 6) is 1.34. The van der Waals surface area contributed by atoms with Gasteiger partial charge in [-0.05, 0) is 170 Å². The van der Waals surface area contributed by atoms with Gasteiger partial charge in [0.05, 0.1) is 133 Å². The van der Waals surface area contributed by atoms with Crippen LogP contribution in [0.25, 0.3) is 134 Å². The Hall–Kier alpha value is -15.5. The molecule has 14 nitrogen and oxygen atoms in total. The topological polar surface area (TPSA) is 147 Å². The molecule has 116 heavy (non-hydrogen) atoms. The van der Waals surface area contributed by atoms with Crippen LogP contribution in [0.1, 0.15) is 57.1 Å². The molecule has 0 fully saturated rings. The SMILES string of the molecule is O=c1c2cc3c(cc2n2c4ccc5c6ccccc6sc5c4c(=O)c4cncc1c42)Oc1ccccc1N3c1ccccc1.[2H]C1=CC(N(c2cc([2H])c([2H])c([2H])c2[2H])c2c([2H])c([2H])c3c(=O)c4c([2H])c([2H])c([2H])c5c(=O)c6c([2H])c([2H])c([2H])c([2H])c6n(c3c2[2H])c54)C([2H])C([2H])=C1[2H].[2H]c1cc(N(c2c([2H])c([2H])c([2H])c([2H])c2[2H])c2c([2H])c([2H])c3c(c2[2H])c(=O)c2c([2H])c([2H])c([2H])c4c(=O)c5c([2H])c([2H])c([2H])c([2H])c5n3c42)c([2H])c([2H])c1[2H]. The summed E-state index contributed by atoms with van der Waals surface area (Å²) in [6.07, 6.45) is 2.35. The summed E-state index contributed by atoms with van der Waals surface area (Å²) in [5.41, 5.74) is -8.23. The van der Waals surface area contributed by atoms with Crippen molar-refractivity contribution in [3.63, 3.8) is 0 Å². The van der Waals surface area contributed by atoms with E-state index in [0.29, 0.717) is 43.2 Å². The van der Waals surface area contributed by atoms with Crippen molar-refractivity contribution >= 4 is 191 Å². The summed E-state index contributed by atoms with van der Waals surface area (Å²) in [4.78, 5) is 93.5. The third-order valence-corrected chi connectivity index (χ3v) is 21.4. The minimum absolute atomic E-state index is 0.118. The lowest BCUT2D eigenvalue weighted by Gasteiger charge is -2.33. The third kappa shape index (κ3) is 10.3. The van der Waals surface area contributed by atoms with E-state index in [-0.39, 0.29) is 10.9 Å². The van der Waals surface area contributed by atoms with E-state index in [1.807, 2.05) is 84.9 Å². The first-order valence-corrected chi connectivity index (χ1v) is 36.0. The number of hydrogen-bond donors (Lipinski definition) is 0. The van der Waals surface area contributed by atoms with Crippen molar-refractivity contribution in [1.29, 1.82) is 0 Å². The van der Waals surface area contributed by atoms with Crippen molar-refractivity contribution in [1.82, 2.24) is 18.2 Å². The first-order chi connectivity index (χ1) is 72.5. The number of nitrogens with zero attached hydrogens (tertiary/aromatic N) is 7. The van der Waals surface area contributed by atoms with Crippen LogP contribution in [0.3, 0.4) is 0 Å². The highest BCUT2D eigenvalue weighted by Gasteiger charge is 2.31. The molecule has 0 bridgehead atoms. The fourth-order valence-corrected chi connectivity index (χ4v) is 16.6. The van der Waals surface area contributed by atoms with E-state index in [2.05, 4.69) is 32.5 Å². The van der Waals surface area contributed by atoms with Gasteiger partial charge in [-0.2, -0.15) is 0 Å². The van der Waals surface area contributed by atoms with Gasteiger partial charge in [-0.15, -0.1) is 11.3 Å². The van der Waals surface area contributed by atoms with Crippen molar-refractivity contribution < 1.29 is 55.5 Å². The van der Waals surface area contributed by atoms with E-state index in [1.54, 1.807) is 23.7 Å². The number of thiophene rings is 1. The largest absolute Gasteiger partial charge is 0.453 e. The first-order valence-electron chi connectivity index (χ1n) is 53.8. The fourth-order valence-electron chi connectivity index (χ4n) is 15.3. The fraction of sp³-hybridized carbons (Fsp3) is 0.0198.